The molecule has 1 atom stereocenters. The van der Waals surface area contributed by atoms with Gasteiger partial charge in [0.2, 0.25) is 0 Å². The van der Waals surface area contributed by atoms with Crippen LogP contribution >= 0.6 is 0 Å². The normalized spacial score (nSPS) is 17.6. The molecule has 0 radical (unpaired) electrons. The average molecular weight is 279 g/mol. The SMILES string of the molecule is Cc1ccc(C(Cc2ccccc2)N2CCCCC2)cc1. The lowest BCUT2D eigenvalue weighted by molar-refractivity contribution is 0.162. The van der Waals surface area contributed by atoms with Crippen molar-refractivity contribution in [1.82, 2.24) is 4.90 Å². The second-order valence-corrected chi connectivity index (χ2v) is 6.21. The summed E-state index contributed by atoms with van der Waals surface area (Å²) in [6.45, 7) is 4.65. The molecular weight excluding hydrogens is 254 g/mol. The Balaban J connectivity index is 1.84. The van der Waals surface area contributed by atoms with Crippen molar-refractivity contribution in [2.24, 2.45) is 0 Å². The highest BCUT2D eigenvalue weighted by atomic mass is 15.2. The van der Waals surface area contributed by atoms with Gasteiger partial charge in [-0.2, -0.15) is 0 Å². The van der Waals surface area contributed by atoms with Crippen LogP contribution in [0.5, 0.6) is 0 Å². The van der Waals surface area contributed by atoms with Crippen LogP contribution in [0.15, 0.2) is 54.6 Å². The van der Waals surface area contributed by atoms with Crippen molar-refractivity contribution in [3.05, 3.63) is 71.3 Å². The van der Waals surface area contributed by atoms with Gasteiger partial charge in [-0.1, -0.05) is 66.6 Å². The highest BCUT2D eigenvalue weighted by molar-refractivity contribution is 5.27. The third kappa shape index (κ3) is 3.74. The van der Waals surface area contributed by atoms with Gasteiger partial charge in [0, 0.05) is 6.04 Å². The molecule has 110 valence electrons. The Hall–Kier alpha value is -1.60. The summed E-state index contributed by atoms with van der Waals surface area (Å²) in [4.78, 5) is 2.68. The van der Waals surface area contributed by atoms with Gasteiger partial charge in [0.25, 0.3) is 0 Å². The van der Waals surface area contributed by atoms with Crippen LogP contribution in [0, 0.1) is 6.92 Å². The molecule has 1 heteroatoms. The summed E-state index contributed by atoms with van der Waals surface area (Å²) < 4.78 is 0. The number of rotatable bonds is 4. The second kappa shape index (κ2) is 6.91. The first-order chi connectivity index (χ1) is 10.3. The summed E-state index contributed by atoms with van der Waals surface area (Å²) in [6.07, 6.45) is 5.20. The zero-order chi connectivity index (χ0) is 14.5. The standard InChI is InChI=1S/C20H25N/c1-17-10-12-19(13-11-17)20(21-14-6-3-7-15-21)16-18-8-4-2-5-9-18/h2,4-5,8-13,20H,3,6-7,14-16H2,1H3. The van der Waals surface area contributed by atoms with Crippen LogP contribution in [0.3, 0.4) is 0 Å². The molecule has 1 aliphatic rings. The number of likely N-dealkylation sites (tertiary alicyclic amines) is 1. The van der Waals surface area contributed by atoms with Crippen molar-refractivity contribution in [2.75, 3.05) is 13.1 Å². The Morgan fingerprint density at radius 2 is 1.52 bits per heavy atom. The number of benzene rings is 2. The molecule has 0 N–H and O–H groups in total. The van der Waals surface area contributed by atoms with Crippen LogP contribution in [-0.2, 0) is 6.42 Å². The molecular formula is C20H25N. The van der Waals surface area contributed by atoms with Gasteiger partial charge < -0.3 is 0 Å². The fourth-order valence-corrected chi connectivity index (χ4v) is 3.31. The Morgan fingerprint density at radius 1 is 0.857 bits per heavy atom. The first-order valence-corrected chi connectivity index (χ1v) is 8.17. The van der Waals surface area contributed by atoms with Gasteiger partial charge in [-0.3, -0.25) is 4.90 Å². The van der Waals surface area contributed by atoms with Crippen molar-refractivity contribution in [1.29, 1.82) is 0 Å². The number of hydrogen-bond acceptors (Lipinski definition) is 1. The van der Waals surface area contributed by atoms with Gasteiger partial charge in [0.05, 0.1) is 0 Å². The molecule has 0 amide bonds. The molecule has 0 spiro atoms. The van der Waals surface area contributed by atoms with Crippen molar-refractivity contribution in [2.45, 2.75) is 38.6 Å². The summed E-state index contributed by atoms with van der Waals surface area (Å²) in [5.74, 6) is 0. The van der Waals surface area contributed by atoms with Gasteiger partial charge in [-0.05, 0) is 50.4 Å². The van der Waals surface area contributed by atoms with E-state index in [1.807, 2.05) is 0 Å². The van der Waals surface area contributed by atoms with E-state index in [1.54, 1.807) is 0 Å². The minimum absolute atomic E-state index is 0.522. The molecule has 1 saturated heterocycles. The monoisotopic (exact) mass is 279 g/mol. The van der Waals surface area contributed by atoms with E-state index in [4.69, 9.17) is 0 Å². The van der Waals surface area contributed by atoms with Gasteiger partial charge in [0.1, 0.15) is 0 Å². The molecule has 0 aliphatic carbocycles. The van der Waals surface area contributed by atoms with E-state index in [9.17, 15) is 0 Å². The fourth-order valence-electron chi connectivity index (χ4n) is 3.31. The van der Waals surface area contributed by atoms with Gasteiger partial charge in [-0.25, -0.2) is 0 Å². The Kier molecular flexibility index (Phi) is 4.72. The largest absolute Gasteiger partial charge is 0.296 e. The summed E-state index contributed by atoms with van der Waals surface area (Å²) in [5.41, 5.74) is 4.25. The molecule has 1 nitrogen and oxygen atoms in total. The molecule has 2 aromatic rings. The van der Waals surface area contributed by atoms with E-state index in [0.29, 0.717) is 6.04 Å². The van der Waals surface area contributed by atoms with Crippen LogP contribution in [0.1, 0.15) is 42.0 Å². The van der Waals surface area contributed by atoms with Crippen LogP contribution < -0.4 is 0 Å². The second-order valence-electron chi connectivity index (χ2n) is 6.21. The highest BCUT2D eigenvalue weighted by Crippen LogP contribution is 2.28. The number of hydrogen-bond donors (Lipinski definition) is 0. The molecule has 3 rings (SSSR count). The van der Waals surface area contributed by atoms with Gasteiger partial charge in [0.15, 0.2) is 0 Å². The van der Waals surface area contributed by atoms with Crippen LogP contribution in [0.25, 0.3) is 0 Å². The summed E-state index contributed by atoms with van der Waals surface area (Å²) in [7, 11) is 0. The van der Waals surface area contributed by atoms with Gasteiger partial charge in [-0.15, -0.1) is 0 Å². The quantitative estimate of drug-likeness (QED) is 0.779. The van der Waals surface area contributed by atoms with Crippen molar-refractivity contribution in [3.8, 4) is 0 Å². The Labute approximate surface area is 128 Å². The molecule has 0 aromatic heterocycles. The molecule has 1 heterocycles. The maximum atomic E-state index is 2.68. The molecule has 1 fully saturated rings. The van der Waals surface area contributed by atoms with Crippen LogP contribution in [0.4, 0.5) is 0 Å². The molecule has 0 saturated carbocycles. The van der Waals surface area contributed by atoms with E-state index < -0.39 is 0 Å². The van der Waals surface area contributed by atoms with E-state index in [1.165, 1.54) is 49.0 Å². The predicted molar refractivity (Wildman–Crippen MR) is 89.5 cm³/mol. The topological polar surface area (TPSA) is 3.24 Å². The van der Waals surface area contributed by atoms with Crippen LogP contribution in [-0.4, -0.2) is 18.0 Å². The Bertz CT molecular complexity index is 538. The first kappa shape index (κ1) is 14.3. The minimum Gasteiger partial charge on any atom is -0.296 e. The number of nitrogens with zero attached hydrogens (tertiary/aromatic N) is 1. The predicted octanol–water partition coefficient (Wildman–Crippen LogP) is 4.76. The number of aryl methyl sites for hydroxylation is 1. The lowest BCUT2D eigenvalue weighted by Crippen LogP contribution is -2.34. The van der Waals surface area contributed by atoms with Crippen molar-refractivity contribution < 1.29 is 0 Å². The molecule has 2 aromatic carbocycles. The van der Waals surface area contributed by atoms with Gasteiger partial charge >= 0.3 is 0 Å². The van der Waals surface area contributed by atoms with E-state index in [-0.39, 0.29) is 0 Å². The third-order valence-electron chi connectivity index (χ3n) is 4.57. The molecule has 1 unspecified atom stereocenters. The van der Waals surface area contributed by atoms with E-state index >= 15 is 0 Å². The van der Waals surface area contributed by atoms with E-state index in [0.717, 1.165) is 6.42 Å². The van der Waals surface area contributed by atoms with Crippen molar-refractivity contribution >= 4 is 0 Å². The first-order valence-electron chi connectivity index (χ1n) is 8.17. The summed E-state index contributed by atoms with van der Waals surface area (Å²) in [5, 5.41) is 0. The zero-order valence-corrected chi connectivity index (χ0v) is 13.0. The lowest BCUT2D eigenvalue weighted by atomic mass is 9.95. The zero-order valence-electron chi connectivity index (χ0n) is 13.0. The average Bonchev–Trinajstić information content (AvgIpc) is 2.55. The highest BCUT2D eigenvalue weighted by Gasteiger charge is 2.22. The fraction of sp³-hybridized carbons (Fsp3) is 0.400. The maximum absolute atomic E-state index is 2.68. The van der Waals surface area contributed by atoms with Crippen molar-refractivity contribution in [3.63, 3.8) is 0 Å². The smallest absolute Gasteiger partial charge is 0.0388 e. The van der Waals surface area contributed by atoms with E-state index in [2.05, 4.69) is 66.4 Å². The summed E-state index contributed by atoms with van der Waals surface area (Å²) >= 11 is 0. The lowest BCUT2D eigenvalue weighted by Gasteiger charge is -2.35. The number of piperidine rings is 1. The molecule has 1 aliphatic heterocycles. The Morgan fingerprint density at radius 3 is 2.19 bits per heavy atom. The maximum Gasteiger partial charge on any atom is 0.0388 e. The minimum atomic E-state index is 0.522. The van der Waals surface area contributed by atoms with Crippen LogP contribution in [0.2, 0.25) is 0 Å². The third-order valence-corrected chi connectivity index (χ3v) is 4.57. The summed E-state index contributed by atoms with van der Waals surface area (Å²) in [6, 6.07) is 20.6. The molecule has 0 bridgehead atoms. The molecule has 21 heavy (non-hydrogen) atoms.